The van der Waals surface area contributed by atoms with Gasteiger partial charge in [0.05, 0.1) is 23.1 Å². The molecular weight excluding hydrogens is 630 g/mol. The van der Waals surface area contributed by atoms with Crippen molar-refractivity contribution in [3.63, 3.8) is 0 Å². The van der Waals surface area contributed by atoms with Gasteiger partial charge in [0.25, 0.3) is 5.92 Å². The normalized spacial score (nSPS) is 23.9. The zero-order valence-electron chi connectivity index (χ0n) is 24.0. The van der Waals surface area contributed by atoms with Gasteiger partial charge in [0.15, 0.2) is 6.04 Å². The lowest BCUT2D eigenvalue weighted by molar-refractivity contribution is -0.149. The van der Waals surface area contributed by atoms with Crippen LogP contribution in [0.5, 0.6) is 11.5 Å². The summed E-state index contributed by atoms with van der Waals surface area (Å²) in [6.07, 6.45) is 8.71. The number of sulfonamides is 1. The van der Waals surface area contributed by atoms with Crippen LogP contribution in [0.2, 0.25) is 0 Å². The number of carbonyl (C=O) groups excluding carboxylic acids is 1. The van der Waals surface area contributed by atoms with Crippen LogP contribution in [0.3, 0.4) is 0 Å². The summed E-state index contributed by atoms with van der Waals surface area (Å²) in [5.41, 5.74) is -0.521. The average Bonchev–Trinajstić information content (AvgIpc) is 3.25. The van der Waals surface area contributed by atoms with E-state index in [0.29, 0.717) is 41.5 Å². The fourth-order valence-corrected chi connectivity index (χ4v) is 8.38. The summed E-state index contributed by atoms with van der Waals surface area (Å²) < 4.78 is 73.5. The van der Waals surface area contributed by atoms with Crippen LogP contribution in [0, 0.1) is 11.8 Å². The Labute approximate surface area is 255 Å². The molecule has 2 heterocycles. The highest BCUT2D eigenvalue weighted by Gasteiger charge is 2.53. The number of rotatable bonds is 10. The zero-order valence-corrected chi connectivity index (χ0v) is 26.4. The van der Waals surface area contributed by atoms with Gasteiger partial charge in [0.2, 0.25) is 15.9 Å². The van der Waals surface area contributed by atoms with E-state index in [1.165, 1.54) is 67.7 Å². The number of amides is 1. The molecule has 1 amide bonds. The van der Waals surface area contributed by atoms with Crippen LogP contribution in [0.25, 0.3) is 0 Å². The number of methoxy groups -OCH3 is 1. The van der Waals surface area contributed by atoms with Gasteiger partial charge in [-0.05, 0) is 103 Å². The summed E-state index contributed by atoms with van der Waals surface area (Å²) in [6.45, 7) is 2.65. The highest BCUT2D eigenvalue weighted by atomic mass is 79.9. The number of carbonyl (C=O) groups is 1. The maximum atomic E-state index is 16.3. The van der Waals surface area contributed by atoms with Crippen LogP contribution >= 0.6 is 15.9 Å². The Balaban J connectivity index is 1.41. The Morgan fingerprint density at radius 2 is 1.69 bits per heavy atom. The Morgan fingerprint density at radius 1 is 1.05 bits per heavy atom. The first-order valence-electron chi connectivity index (χ1n) is 14.8. The lowest BCUT2D eigenvalue weighted by Gasteiger charge is -2.41. The summed E-state index contributed by atoms with van der Waals surface area (Å²) >= 11 is 3.27. The van der Waals surface area contributed by atoms with Crippen molar-refractivity contribution in [2.24, 2.45) is 11.8 Å². The molecule has 2 aromatic carbocycles. The molecule has 7 nitrogen and oxygen atoms in total. The zero-order chi connectivity index (χ0) is 30.1. The lowest BCUT2D eigenvalue weighted by atomic mass is 9.90. The van der Waals surface area contributed by atoms with Crippen molar-refractivity contribution in [2.75, 3.05) is 13.7 Å². The predicted molar refractivity (Wildman–Crippen MR) is 159 cm³/mol. The summed E-state index contributed by atoms with van der Waals surface area (Å²) in [6, 6.07) is 6.69. The first-order valence-corrected chi connectivity index (χ1v) is 17.1. The lowest BCUT2D eigenvalue weighted by Crippen LogP contribution is -2.59. The van der Waals surface area contributed by atoms with E-state index in [0.717, 1.165) is 31.7 Å². The molecule has 11 heteroatoms. The fraction of sp³-hybridized carbons (Fsp3) is 0.581. The number of hydrogen-bond acceptors (Lipinski definition) is 5. The summed E-state index contributed by atoms with van der Waals surface area (Å²) in [5, 5.41) is 0. The van der Waals surface area contributed by atoms with Gasteiger partial charge < -0.3 is 14.4 Å². The van der Waals surface area contributed by atoms with E-state index in [4.69, 9.17) is 9.47 Å². The monoisotopic (exact) mass is 668 g/mol. The molecule has 0 radical (unpaired) electrons. The predicted octanol–water partition coefficient (Wildman–Crippen LogP) is 6.65. The molecule has 2 aromatic rings. The van der Waals surface area contributed by atoms with E-state index < -0.39 is 33.5 Å². The van der Waals surface area contributed by atoms with Crippen molar-refractivity contribution >= 4 is 31.9 Å². The summed E-state index contributed by atoms with van der Waals surface area (Å²) in [5.74, 6) is -3.27. The molecule has 0 spiro atoms. The largest absolute Gasteiger partial charge is 0.496 e. The van der Waals surface area contributed by atoms with E-state index in [1.807, 2.05) is 0 Å². The van der Waals surface area contributed by atoms with E-state index >= 15 is 8.78 Å². The van der Waals surface area contributed by atoms with Crippen LogP contribution in [0.1, 0.15) is 70.3 Å². The van der Waals surface area contributed by atoms with Crippen LogP contribution in [0.15, 0.2) is 51.8 Å². The number of piperidine rings is 1. The maximum Gasteiger partial charge on any atom is 0.298 e. The first-order chi connectivity index (χ1) is 20.0. The topological polar surface area (TPSA) is 84.9 Å². The maximum absolute atomic E-state index is 16.3. The third-order valence-corrected chi connectivity index (χ3v) is 11.1. The van der Waals surface area contributed by atoms with E-state index in [-0.39, 0.29) is 22.7 Å². The molecule has 230 valence electrons. The first kappa shape index (κ1) is 31.2. The summed E-state index contributed by atoms with van der Waals surface area (Å²) in [4.78, 5) is 15.3. The molecule has 2 aliphatic heterocycles. The second-order valence-corrected chi connectivity index (χ2v) is 14.6. The molecule has 3 unspecified atom stereocenters. The second kappa shape index (κ2) is 12.8. The van der Waals surface area contributed by atoms with Gasteiger partial charge in [-0.25, -0.2) is 8.42 Å². The number of hydrogen-bond donors (Lipinski definition) is 1. The number of nitrogens with one attached hydrogen (secondary N) is 1. The molecule has 1 N–H and O–H groups in total. The van der Waals surface area contributed by atoms with E-state index in [1.54, 1.807) is 0 Å². The molecular formula is C31H39BrF2N2O5S. The Morgan fingerprint density at radius 3 is 2.31 bits per heavy atom. The minimum Gasteiger partial charge on any atom is -0.496 e. The Kier molecular flexibility index (Phi) is 9.49. The van der Waals surface area contributed by atoms with Crippen LogP contribution in [-0.2, 0) is 20.7 Å². The average molecular weight is 670 g/mol. The molecule has 42 heavy (non-hydrogen) atoms. The molecule has 2 bridgehead atoms. The van der Waals surface area contributed by atoms with Crippen LogP contribution < -0.4 is 14.2 Å². The number of alkyl halides is 2. The van der Waals surface area contributed by atoms with Crippen LogP contribution in [0.4, 0.5) is 8.78 Å². The smallest absolute Gasteiger partial charge is 0.298 e. The fourth-order valence-electron chi connectivity index (χ4n) is 6.78. The molecule has 5 rings (SSSR count). The van der Waals surface area contributed by atoms with Gasteiger partial charge in [-0.1, -0.05) is 32.3 Å². The van der Waals surface area contributed by atoms with E-state index in [2.05, 4.69) is 27.6 Å². The van der Waals surface area contributed by atoms with Crippen molar-refractivity contribution in [2.45, 2.75) is 93.7 Å². The standard InChI is InChI=1S/C31H39BrF2N2O5S/c1-20-16-23-9-10-24(17-20)36(23)30(37)29(31(33,34)22-8-15-27(32)28(18-22)40-2)35-42(38,39)26-13-11-25(12-14-26)41-19-21-6-4-3-5-7-21/h8,11-15,18,20-21,23-24,29,35H,3-7,9-10,16-17,19H2,1-2H3. The van der Waals surface area contributed by atoms with Crippen molar-refractivity contribution in [1.82, 2.24) is 9.62 Å². The third kappa shape index (κ3) is 6.63. The van der Waals surface area contributed by atoms with E-state index in [9.17, 15) is 13.2 Å². The highest BCUT2D eigenvalue weighted by Crippen LogP contribution is 2.43. The van der Waals surface area contributed by atoms with Crippen molar-refractivity contribution in [1.29, 1.82) is 0 Å². The number of ether oxygens (including phenoxy) is 2. The van der Waals surface area contributed by atoms with Gasteiger partial charge in [-0.3, -0.25) is 4.79 Å². The van der Waals surface area contributed by atoms with Crippen molar-refractivity contribution < 1.29 is 31.5 Å². The molecule has 3 aliphatic rings. The number of halogens is 3. The van der Waals surface area contributed by atoms with Gasteiger partial charge in [0, 0.05) is 17.6 Å². The number of nitrogens with zero attached hydrogens (tertiary/aromatic N) is 1. The SMILES string of the molecule is COc1cc(C(F)(F)C(NS(=O)(=O)c2ccc(OCC3CCCCC3)cc2)C(=O)N2C3CCC2CC(C)C3)ccc1Br. The quantitative estimate of drug-likeness (QED) is 0.307. The Bertz CT molecular complexity index is 1350. The number of fused-ring (bicyclic) bond motifs is 2. The molecule has 0 aromatic heterocycles. The minimum atomic E-state index is -4.51. The third-order valence-electron chi connectivity index (χ3n) is 8.99. The van der Waals surface area contributed by atoms with Gasteiger partial charge in [-0.15, -0.1) is 0 Å². The number of benzene rings is 2. The van der Waals surface area contributed by atoms with Gasteiger partial charge in [0.1, 0.15) is 11.5 Å². The van der Waals surface area contributed by atoms with Crippen LogP contribution in [-0.4, -0.2) is 51.1 Å². The highest BCUT2D eigenvalue weighted by molar-refractivity contribution is 9.10. The molecule has 2 saturated heterocycles. The van der Waals surface area contributed by atoms with Gasteiger partial charge >= 0.3 is 0 Å². The second-order valence-electron chi connectivity index (χ2n) is 12.0. The van der Waals surface area contributed by atoms with Gasteiger partial charge in [-0.2, -0.15) is 13.5 Å². The summed E-state index contributed by atoms with van der Waals surface area (Å²) in [7, 11) is -3.16. The Hall–Kier alpha value is -2.24. The van der Waals surface area contributed by atoms with Crippen molar-refractivity contribution in [3.05, 3.63) is 52.5 Å². The minimum absolute atomic E-state index is 0.150. The molecule has 3 atom stereocenters. The molecule has 1 saturated carbocycles. The molecule has 1 aliphatic carbocycles. The molecule has 3 fully saturated rings. The van der Waals surface area contributed by atoms with Crippen molar-refractivity contribution in [3.8, 4) is 11.5 Å².